The van der Waals surface area contributed by atoms with Gasteiger partial charge in [-0.15, -0.1) is 0 Å². The number of para-hydroxylation sites is 1. The molecule has 3 heterocycles. The highest BCUT2D eigenvalue weighted by Crippen LogP contribution is 2.23. The molecule has 0 N–H and O–H groups in total. The molecule has 6 nitrogen and oxygen atoms in total. The molecule has 150 valence electrons. The lowest BCUT2D eigenvalue weighted by Gasteiger charge is -2.44. The zero-order valence-electron chi connectivity index (χ0n) is 16.6. The number of rotatable bonds is 3. The molecule has 0 saturated carbocycles. The Labute approximate surface area is 165 Å². The second kappa shape index (κ2) is 7.91. The van der Waals surface area contributed by atoms with Crippen molar-refractivity contribution in [1.29, 1.82) is 0 Å². The van der Waals surface area contributed by atoms with E-state index in [1.807, 2.05) is 37.1 Å². The van der Waals surface area contributed by atoms with Gasteiger partial charge in [-0.2, -0.15) is 5.10 Å². The molecule has 28 heavy (non-hydrogen) atoms. The second-order valence-electron chi connectivity index (χ2n) is 7.82. The second-order valence-corrected chi connectivity index (χ2v) is 7.82. The maximum atomic E-state index is 14.1. The first-order chi connectivity index (χ1) is 13.5. The molecule has 1 atom stereocenters. The first kappa shape index (κ1) is 18.9. The van der Waals surface area contributed by atoms with Crippen molar-refractivity contribution in [2.45, 2.75) is 25.8 Å². The Bertz CT molecular complexity index is 843. The minimum absolute atomic E-state index is 0.0674. The van der Waals surface area contributed by atoms with Crippen LogP contribution in [0.2, 0.25) is 0 Å². The van der Waals surface area contributed by atoms with Gasteiger partial charge < -0.3 is 9.80 Å². The van der Waals surface area contributed by atoms with Crippen molar-refractivity contribution in [3.63, 3.8) is 0 Å². The quantitative estimate of drug-likeness (QED) is 0.813. The highest BCUT2D eigenvalue weighted by atomic mass is 19.1. The number of piperazine rings is 1. The monoisotopic (exact) mass is 385 g/mol. The van der Waals surface area contributed by atoms with E-state index < -0.39 is 0 Å². The van der Waals surface area contributed by atoms with E-state index in [0.717, 1.165) is 57.8 Å². The van der Waals surface area contributed by atoms with E-state index in [1.54, 1.807) is 10.7 Å². The number of aromatic nitrogens is 2. The average molecular weight is 385 g/mol. The number of benzene rings is 1. The summed E-state index contributed by atoms with van der Waals surface area (Å²) in [7, 11) is 1.82. The zero-order chi connectivity index (χ0) is 19.7. The largest absolute Gasteiger partial charge is 0.367 e. The van der Waals surface area contributed by atoms with Gasteiger partial charge in [0.2, 0.25) is 0 Å². The maximum absolute atomic E-state index is 14.1. The van der Waals surface area contributed by atoms with E-state index in [9.17, 15) is 9.18 Å². The Balaban J connectivity index is 1.37. The van der Waals surface area contributed by atoms with Crippen molar-refractivity contribution in [3.05, 3.63) is 47.5 Å². The SMILES string of the molecule is Cc1cc(C(=O)N2CCC[C@H](N3CCN(c4ccccc4F)CC3)C2)n(C)n1. The molecular weight excluding hydrogens is 357 g/mol. The summed E-state index contributed by atoms with van der Waals surface area (Å²) in [5.74, 6) is -0.0883. The van der Waals surface area contributed by atoms with E-state index in [4.69, 9.17) is 0 Å². The molecule has 0 aliphatic carbocycles. The van der Waals surface area contributed by atoms with E-state index in [1.165, 1.54) is 6.07 Å². The lowest BCUT2D eigenvalue weighted by atomic mass is 10.0. The summed E-state index contributed by atoms with van der Waals surface area (Å²) < 4.78 is 15.7. The van der Waals surface area contributed by atoms with Gasteiger partial charge in [-0.25, -0.2) is 4.39 Å². The smallest absolute Gasteiger partial charge is 0.272 e. The first-order valence-corrected chi connectivity index (χ1v) is 10.1. The number of nitrogens with zero attached hydrogens (tertiary/aromatic N) is 5. The van der Waals surface area contributed by atoms with Crippen LogP contribution in [0.1, 0.15) is 29.0 Å². The Kier molecular flexibility index (Phi) is 5.35. The molecule has 2 saturated heterocycles. The van der Waals surface area contributed by atoms with Gasteiger partial charge in [0.15, 0.2) is 0 Å². The van der Waals surface area contributed by atoms with Crippen molar-refractivity contribution in [3.8, 4) is 0 Å². The summed E-state index contributed by atoms with van der Waals surface area (Å²) in [5.41, 5.74) is 2.21. The molecular formula is C21H28FN5O. The van der Waals surface area contributed by atoms with Gasteiger partial charge in [-0.1, -0.05) is 12.1 Å². The van der Waals surface area contributed by atoms with E-state index in [-0.39, 0.29) is 11.7 Å². The molecule has 1 aromatic heterocycles. The van der Waals surface area contributed by atoms with Gasteiger partial charge in [0, 0.05) is 52.4 Å². The summed E-state index contributed by atoms with van der Waals surface area (Å²) in [5, 5.41) is 4.30. The Morgan fingerprint density at radius 1 is 1.14 bits per heavy atom. The molecule has 1 aromatic carbocycles. The summed E-state index contributed by atoms with van der Waals surface area (Å²) in [4.78, 5) is 19.5. The van der Waals surface area contributed by atoms with Crippen molar-refractivity contribution in [2.24, 2.45) is 7.05 Å². The molecule has 2 aliphatic heterocycles. The number of carbonyl (C=O) groups is 1. The van der Waals surface area contributed by atoms with Crippen LogP contribution >= 0.6 is 0 Å². The number of hydrogen-bond acceptors (Lipinski definition) is 4. The van der Waals surface area contributed by atoms with Crippen LogP contribution < -0.4 is 4.90 Å². The summed E-state index contributed by atoms with van der Waals surface area (Å²) >= 11 is 0. The van der Waals surface area contributed by atoms with Crippen LogP contribution in [0.25, 0.3) is 0 Å². The van der Waals surface area contributed by atoms with Gasteiger partial charge >= 0.3 is 0 Å². The molecule has 2 aliphatic rings. The van der Waals surface area contributed by atoms with Gasteiger partial charge in [0.25, 0.3) is 5.91 Å². The number of carbonyl (C=O) groups excluding carboxylic acids is 1. The topological polar surface area (TPSA) is 44.6 Å². The highest BCUT2D eigenvalue weighted by molar-refractivity contribution is 5.92. The fraction of sp³-hybridized carbons (Fsp3) is 0.524. The predicted octanol–water partition coefficient (Wildman–Crippen LogP) is 2.29. The Morgan fingerprint density at radius 2 is 1.89 bits per heavy atom. The van der Waals surface area contributed by atoms with Crippen LogP contribution in [-0.4, -0.2) is 70.8 Å². The molecule has 0 bridgehead atoms. The number of hydrogen-bond donors (Lipinski definition) is 0. The molecule has 1 amide bonds. The minimum Gasteiger partial charge on any atom is -0.367 e. The van der Waals surface area contributed by atoms with Crippen LogP contribution in [0.4, 0.5) is 10.1 Å². The van der Waals surface area contributed by atoms with Gasteiger partial charge in [-0.3, -0.25) is 14.4 Å². The minimum atomic E-state index is -0.156. The van der Waals surface area contributed by atoms with Crippen LogP contribution in [0.15, 0.2) is 30.3 Å². The Morgan fingerprint density at radius 3 is 2.57 bits per heavy atom. The molecule has 0 radical (unpaired) electrons. The molecule has 4 rings (SSSR count). The third-order valence-corrected chi connectivity index (χ3v) is 5.93. The van der Waals surface area contributed by atoms with Crippen LogP contribution in [0, 0.1) is 12.7 Å². The summed E-state index contributed by atoms with van der Waals surface area (Å²) in [6.45, 7) is 6.87. The fourth-order valence-electron chi connectivity index (χ4n) is 4.45. The number of piperidine rings is 1. The summed E-state index contributed by atoms with van der Waals surface area (Å²) in [6, 6.07) is 9.21. The standard InChI is InChI=1S/C21H28FN5O/c1-16-14-20(24(2)23-16)21(28)27-9-5-6-17(15-27)25-10-12-26(13-11-25)19-8-4-3-7-18(19)22/h3-4,7-8,14,17H,5-6,9-13,15H2,1-2H3/t17-/m0/s1. The number of likely N-dealkylation sites (tertiary alicyclic amines) is 1. The number of aryl methyl sites for hydroxylation is 2. The number of amides is 1. The normalized spacial score (nSPS) is 21.2. The van der Waals surface area contributed by atoms with E-state index in [2.05, 4.69) is 14.9 Å². The van der Waals surface area contributed by atoms with Crippen molar-refractivity contribution in [1.82, 2.24) is 19.6 Å². The van der Waals surface area contributed by atoms with Gasteiger partial charge in [0.05, 0.1) is 11.4 Å². The lowest BCUT2D eigenvalue weighted by molar-refractivity contribution is 0.0553. The summed E-state index contributed by atoms with van der Waals surface area (Å²) in [6.07, 6.45) is 2.12. The lowest BCUT2D eigenvalue weighted by Crippen LogP contribution is -2.56. The molecule has 2 aromatic rings. The zero-order valence-corrected chi connectivity index (χ0v) is 16.6. The Hall–Kier alpha value is -2.41. The van der Waals surface area contributed by atoms with E-state index >= 15 is 0 Å². The molecule has 0 spiro atoms. The predicted molar refractivity (Wildman–Crippen MR) is 107 cm³/mol. The third kappa shape index (κ3) is 3.76. The molecule has 0 unspecified atom stereocenters. The number of anilines is 1. The van der Waals surface area contributed by atoms with Gasteiger partial charge in [-0.05, 0) is 38.0 Å². The molecule has 7 heteroatoms. The van der Waals surface area contributed by atoms with Gasteiger partial charge in [0.1, 0.15) is 11.5 Å². The van der Waals surface area contributed by atoms with Crippen LogP contribution in [-0.2, 0) is 7.05 Å². The highest BCUT2D eigenvalue weighted by Gasteiger charge is 2.31. The van der Waals surface area contributed by atoms with E-state index in [0.29, 0.717) is 17.4 Å². The fourth-order valence-corrected chi connectivity index (χ4v) is 4.45. The average Bonchev–Trinajstić information content (AvgIpc) is 3.06. The molecule has 2 fully saturated rings. The number of halogens is 1. The third-order valence-electron chi connectivity index (χ3n) is 5.93. The van der Waals surface area contributed by atoms with Crippen molar-refractivity contribution < 1.29 is 9.18 Å². The van der Waals surface area contributed by atoms with Crippen LogP contribution in [0.3, 0.4) is 0 Å². The maximum Gasteiger partial charge on any atom is 0.272 e. The first-order valence-electron chi connectivity index (χ1n) is 10.1. The van der Waals surface area contributed by atoms with Crippen molar-refractivity contribution in [2.75, 3.05) is 44.2 Å². The van der Waals surface area contributed by atoms with Crippen molar-refractivity contribution >= 4 is 11.6 Å². The van der Waals surface area contributed by atoms with Crippen LogP contribution in [0.5, 0.6) is 0 Å².